The van der Waals surface area contributed by atoms with E-state index in [-0.39, 0.29) is 0 Å². The molecule has 0 aliphatic carbocycles. The maximum atomic E-state index is 5.47. The van der Waals surface area contributed by atoms with Gasteiger partial charge in [0.1, 0.15) is 0 Å². The first-order valence-electron chi connectivity index (χ1n) is 3.74. The summed E-state index contributed by atoms with van der Waals surface area (Å²) in [4.78, 5) is 0. The minimum Gasteiger partial charge on any atom is -0.384 e. The van der Waals surface area contributed by atoms with E-state index in [1.165, 1.54) is 0 Å². The zero-order chi connectivity index (χ0) is 8.97. The number of hydrogen-bond donors (Lipinski definition) is 1. The largest absolute Gasteiger partial charge is 0.384 e. The summed E-state index contributed by atoms with van der Waals surface area (Å²) in [5.74, 6) is 0.707. The number of hydrogen-bond acceptors (Lipinski definition) is 5. The predicted octanol–water partition coefficient (Wildman–Crippen LogP) is -0.462. The number of nitrogen functional groups attached to an aromatic ring is 1. The number of nitrogens with zero attached hydrogens (tertiary/aromatic N) is 4. The average Bonchev–Trinajstić information content (AvgIpc) is 2.37. The molecule has 0 saturated heterocycles. The van der Waals surface area contributed by atoms with Crippen molar-refractivity contribution in [2.75, 3.05) is 19.5 Å². The van der Waals surface area contributed by atoms with Crippen LogP contribution in [0.1, 0.15) is 6.92 Å². The second kappa shape index (κ2) is 4.01. The van der Waals surface area contributed by atoms with Crippen LogP contribution in [0.2, 0.25) is 0 Å². The minimum atomic E-state index is 0.345. The molecule has 0 spiro atoms. The van der Waals surface area contributed by atoms with Crippen molar-refractivity contribution in [2.45, 2.75) is 13.5 Å². The van der Waals surface area contributed by atoms with E-state index in [0.717, 1.165) is 0 Å². The minimum absolute atomic E-state index is 0.345. The third-order valence-corrected chi connectivity index (χ3v) is 1.50. The number of anilines is 1. The molecule has 0 radical (unpaired) electrons. The monoisotopic (exact) mass is 171 g/mol. The van der Waals surface area contributed by atoms with Crippen LogP contribution in [0.15, 0.2) is 0 Å². The summed E-state index contributed by atoms with van der Waals surface area (Å²) in [7, 11) is 1.67. The lowest BCUT2D eigenvalue weighted by Gasteiger charge is -2.08. The molecule has 0 fully saturated rings. The van der Waals surface area contributed by atoms with Gasteiger partial charge in [-0.1, -0.05) is 12.0 Å². The van der Waals surface area contributed by atoms with Crippen LogP contribution in [0, 0.1) is 5.92 Å². The first-order chi connectivity index (χ1) is 5.74. The van der Waals surface area contributed by atoms with Gasteiger partial charge in [-0.2, -0.15) is 0 Å². The maximum Gasteiger partial charge on any atom is 0.240 e. The Morgan fingerprint density at radius 1 is 1.67 bits per heavy atom. The Morgan fingerprint density at radius 2 is 2.42 bits per heavy atom. The summed E-state index contributed by atoms with van der Waals surface area (Å²) in [6.45, 7) is 3.41. The molecule has 6 nitrogen and oxygen atoms in total. The topological polar surface area (TPSA) is 78.8 Å². The fourth-order valence-corrected chi connectivity index (χ4v) is 0.974. The number of nitrogens with two attached hydrogens (primary N) is 1. The highest BCUT2D eigenvalue weighted by Gasteiger charge is 2.06. The van der Waals surface area contributed by atoms with Crippen molar-refractivity contribution >= 4 is 5.95 Å². The van der Waals surface area contributed by atoms with Crippen molar-refractivity contribution in [3.8, 4) is 0 Å². The summed E-state index contributed by atoms with van der Waals surface area (Å²) >= 11 is 0. The lowest BCUT2D eigenvalue weighted by molar-refractivity contribution is 0.149. The van der Waals surface area contributed by atoms with Gasteiger partial charge in [-0.3, -0.25) is 0 Å². The van der Waals surface area contributed by atoms with Crippen molar-refractivity contribution in [3.05, 3.63) is 0 Å². The molecule has 1 aromatic heterocycles. The van der Waals surface area contributed by atoms with E-state index in [1.54, 1.807) is 11.8 Å². The van der Waals surface area contributed by atoms with Crippen LogP contribution in [0.5, 0.6) is 0 Å². The van der Waals surface area contributed by atoms with Gasteiger partial charge in [0.2, 0.25) is 5.95 Å². The Bertz CT molecular complexity index is 236. The summed E-state index contributed by atoms with van der Waals surface area (Å²) in [5, 5.41) is 10.7. The molecule has 0 aliphatic rings. The molecule has 0 aromatic carbocycles. The SMILES string of the molecule is COCC(C)Cn1nnnc1N. The third-order valence-electron chi connectivity index (χ3n) is 1.50. The van der Waals surface area contributed by atoms with Gasteiger partial charge in [-0.05, 0) is 16.3 Å². The van der Waals surface area contributed by atoms with Gasteiger partial charge in [0.15, 0.2) is 0 Å². The Labute approximate surface area is 70.7 Å². The van der Waals surface area contributed by atoms with Crippen LogP contribution in [0.25, 0.3) is 0 Å². The number of tetrazole rings is 1. The highest BCUT2D eigenvalue weighted by Crippen LogP contribution is 2.01. The second-order valence-electron chi connectivity index (χ2n) is 2.78. The van der Waals surface area contributed by atoms with Gasteiger partial charge >= 0.3 is 0 Å². The number of ether oxygens (including phenoxy) is 1. The molecule has 0 aliphatic heterocycles. The molecular formula is C6H13N5O. The fourth-order valence-electron chi connectivity index (χ4n) is 0.974. The van der Waals surface area contributed by atoms with Crippen molar-refractivity contribution in [1.29, 1.82) is 0 Å². The van der Waals surface area contributed by atoms with E-state index in [1.807, 2.05) is 6.92 Å². The fraction of sp³-hybridized carbons (Fsp3) is 0.833. The molecule has 0 saturated carbocycles. The highest BCUT2D eigenvalue weighted by molar-refractivity contribution is 5.09. The van der Waals surface area contributed by atoms with Gasteiger partial charge in [0, 0.05) is 7.11 Å². The quantitative estimate of drug-likeness (QED) is 0.663. The highest BCUT2D eigenvalue weighted by atomic mass is 16.5. The molecule has 1 unspecified atom stereocenters. The first-order valence-corrected chi connectivity index (χ1v) is 3.74. The summed E-state index contributed by atoms with van der Waals surface area (Å²) in [6.07, 6.45) is 0. The molecule has 2 N–H and O–H groups in total. The van der Waals surface area contributed by atoms with E-state index in [9.17, 15) is 0 Å². The number of methoxy groups -OCH3 is 1. The number of rotatable bonds is 4. The Kier molecular flexibility index (Phi) is 2.98. The average molecular weight is 171 g/mol. The number of aromatic nitrogens is 4. The molecular weight excluding hydrogens is 158 g/mol. The molecule has 12 heavy (non-hydrogen) atoms. The molecule has 1 rings (SSSR count). The van der Waals surface area contributed by atoms with Crippen LogP contribution >= 0.6 is 0 Å². The van der Waals surface area contributed by atoms with E-state index < -0.39 is 0 Å². The molecule has 1 heterocycles. The van der Waals surface area contributed by atoms with Gasteiger partial charge in [0.25, 0.3) is 0 Å². The van der Waals surface area contributed by atoms with Gasteiger partial charge in [0.05, 0.1) is 13.2 Å². The lowest BCUT2D eigenvalue weighted by atomic mass is 10.2. The normalized spacial score (nSPS) is 13.2. The molecule has 0 bridgehead atoms. The third kappa shape index (κ3) is 2.16. The smallest absolute Gasteiger partial charge is 0.240 e. The van der Waals surface area contributed by atoms with Crippen LogP contribution in [-0.4, -0.2) is 33.9 Å². The maximum absolute atomic E-state index is 5.47. The Morgan fingerprint density at radius 3 is 2.92 bits per heavy atom. The summed E-state index contributed by atoms with van der Waals surface area (Å²) < 4.78 is 6.53. The van der Waals surface area contributed by atoms with Crippen molar-refractivity contribution in [2.24, 2.45) is 5.92 Å². The second-order valence-corrected chi connectivity index (χ2v) is 2.78. The van der Waals surface area contributed by atoms with E-state index in [4.69, 9.17) is 10.5 Å². The summed E-state index contributed by atoms with van der Waals surface area (Å²) in [6, 6.07) is 0. The van der Waals surface area contributed by atoms with E-state index >= 15 is 0 Å². The van der Waals surface area contributed by atoms with Crippen molar-refractivity contribution in [3.63, 3.8) is 0 Å². The van der Waals surface area contributed by atoms with E-state index in [2.05, 4.69) is 15.5 Å². The first kappa shape index (κ1) is 8.92. The van der Waals surface area contributed by atoms with Crippen LogP contribution in [0.3, 0.4) is 0 Å². The van der Waals surface area contributed by atoms with Gasteiger partial charge in [-0.15, -0.1) is 0 Å². The van der Waals surface area contributed by atoms with Gasteiger partial charge in [-0.25, -0.2) is 4.68 Å². The standard InChI is InChI=1S/C6H13N5O/c1-5(4-12-2)3-11-6(7)8-9-10-11/h5H,3-4H2,1-2H3,(H2,7,8,10). The zero-order valence-corrected chi connectivity index (χ0v) is 7.27. The van der Waals surface area contributed by atoms with Crippen LogP contribution in [0.4, 0.5) is 5.95 Å². The Balaban J connectivity index is 2.46. The molecule has 6 heteroatoms. The van der Waals surface area contributed by atoms with E-state index in [0.29, 0.717) is 25.0 Å². The molecule has 68 valence electrons. The Hall–Kier alpha value is -1.17. The van der Waals surface area contributed by atoms with Gasteiger partial charge < -0.3 is 10.5 Å². The van der Waals surface area contributed by atoms with Crippen molar-refractivity contribution < 1.29 is 4.74 Å². The van der Waals surface area contributed by atoms with Crippen LogP contribution < -0.4 is 5.73 Å². The zero-order valence-electron chi connectivity index (χ0n) is 7.27. The molecule has 1 aromatic rings. The molecule has 0 amide bonds. The predicted molar refractivity (Wildman–Crippen MR) is 43.3 cm³/mol. The van der Waals surface area contributed by atoms with Crippen LogP contribution in [-0.2, 0) is 11.3 Å². The lowest BCUT2D eigenvalue weighted by Crippen LogP contribution is -2.15. The summed E-state index contributed by atoms with van der Waals surface area (Å²) in [5.41, 5.74) is 5.47. The van der Waals surface area contributed by atoms with Crippen molar-refractivity contribution in [1.82, 2.24) is 20.2 Å². The molecule has 1 atom stereocenters.